The first kappa shape index (κ1) is 17.2. The molecule has 2 heteroatoms. The van der Waals surface area contributed by atoms with Gasteiger partial charge in [-0.05, 0) is 43.5 Å². The average molecular weight is 279 g/mol. The molecule has 20 heavy (non-hydrogen) atoms. The Morgan fingerprint density at radius 1 is 1.00 bits per heavy atom. The van der Waals surface area contributed by atoms with Crippen LogP contribution in [0.4, 0.5) is 4.39 Å². The number of aryl methyl sites for hydroxylation is 2. The van der Waals surface area contributed by atoms with E-state index in [2.05, 4.69) is 19.2 Å². The van der Waals surface area contributed by atoms with Gasteiger partial charge in [-0.1, -0.05) is 58.1 Å². The summed E-state index contributed by atoms with van der Waals surface area (Å²) in [5.74, 6) is -0.0630. The van der Waals surface area contributed by atoms with Crippen LogP contribution in [-0.4, -0.2) is 6.54 Å². The Labute approximate surface area is 124 Å². The molecule has 1 unspecified atom stereocenters. The van der Waals surface area contributed by atoms with Crippen molar-refractivity contribution in [1.29, 1.82) is 0 Å². The smallest absolute Gasteiger partial charge is 0.129 e. The molecule has 0 spiro atoms. The second-order valence-corrected chi connectivity index (χ2v) is 5.78. The van der Waals surface area contributed by atoms with Crippen LogP contribution in [0.25, 0.3) is 0 Å². The van der Waals surface area contributed by atoms with Gasteiger partial charge >= 0.3 is 0 Å². The summed E-state index contributed by atoms with van der Waals surface area (Å²) in [5.41, 5.74) is 2.75. The second-order valence-electron chi connectivity index (χ2n) is 5.78. The number of nitrogens with one attached hydrogen (secondary N) is 1. The summed E-state index contributed by atoms with van der Waals surface area (Å²) >= 11 is 0. The van der Waals surface area contributed by atoms with Crippen molar-refractivity contribution < 1.29 is 4.39 Å². The standard InChI is InChI=1S/C18H30FN/c1-5-7-8-9-10-11-17(20-6-2)16-12-14(3)18(19)15(4)13-16/h12-13,17,20H,5-11H2,1-4H3. The second kappa shape index (κ2) is 9.12. The number of unbranched alkanes of at least 4 members (excludes halogenated alkanes) is 4. The molecular formula is C18H30FN. The fourth-order valence-electron chi connectivity index (χ4n) is 2.77. The molecule has 1 N–H and O–H groups in total. The predicted molar refractivity (Wildman–Crippen MR) is 85.7 cm³/mol. The van der Waals surface area contributed by atoms with Gasteiger partial charge in [0.05, 0.1) is 0 Å². The third-order valence-corrected chi connectivity index (χ3v) is 3.91. The Balaban J connectivity index is 2.65. The highest BCUT2D eigenvalue weighted by Gasteiger charge is 2.13. The normalized spacial score (nSPS) is 12.7. The van der Waals surface area contributed by atoms with Crippen molar-refractivity contribution in [2.45, 2.75) is 72.3 Å². The Hall–Kier alpha value is -0.890. The van der Waals surface area contributed by atoms with Gasteiger partial charge in [0.15, 0.2) is 0 Å². The van der Waals surface area contributed by atoms with Gasteiger partial charge in [-0.2, -0.15) is 0 Å². The number of halogens is 1. The van der Waals surface area contributed by atoms with Gasteiger partial charge in [-0.3, -0.25) is 0 Å². The fourth-order valence-corrected chi connectivity index (χ4v) is 2.77. The van der Waals surface area contributed by atoms with E-state index in [1.54, 1.807) is 0 Å². The molecule has 0 aliphatic heterocycles. The van der Waals surface area contributed by atoms with Crippen molar-refractivity contribution >= 4 is 0 Å². The lowest BCUT2D eigenvalue weighted by molar-refractivity contribution is 0.477. The third kappa shape index (κ3) is 5.24. The van der Waals surface area contributed by atoms with Crippen LogP contribution >= 0.6 is 0 Å². The minimum atomic E-state index is -0.0630. The topological polar surface area (TPSA) is 12.0 Å². The molecule has 1 atom stereocenters. The molecule has 0 amide bonds. The highest BCUT2D eigenvalue weighted by atomic mass is 19.1. The maximum Gasteiger partial charge on any atom is 0.129 e. The largest absolute Gasteiger partial charge is 0.310 e. The fraction of sp³-hybridized carbons (Fsp3) is 0.667. The van der Waals surface area contributed by atoms with E-state index in [9.17, 15) is 4.39 Å². The first-order chi connectivity index (χ1) is 9.60. The molecule has 0 saturated heterocycles. The lowest BCUT2D eigenvalue weighted by Gasteiger charge is -2.20. The molecule has 0 aromatic heterocycles. The molecule has 1 aromatic rings. The van der Waals surface area contributed by atoms with E-state index in [1.165, 1.54) is 37.7 Å². The minimum absolute atomic E-state index is 0.0630. The molecule has 0 aliphatic rings. The highest BCUT2D eigenvalue weighted by Crippen LogP contribution is 2.24. The Bertz CT molecular complexity index is 377. The molecule has 0 fully saturated rings. The molecule has 1 rings (SSSR count). The van der Waals surface area contributed by atoms with Gasteiger partial charge < -0.3 is 5.32 Å². The van der Waals surface area contributed by atoms with Crippen LogP contribution in [-0.2, 0) is 0 Å². The van der Waals surface area contributed by atoms with Gasteiger partial charge in [0.1, 0.15) is 5.82 Å². The molecule has 1 aromatic carbocycles. The number of hydrogen-bond donors (Lipinski definition) is 1. The van der Waals surface area contributed by atoms with Crippen molar-refractivity contribution in [2.75, 3.05) is 6.54 Å². The molecule has 1 nitrogen and oxygen atoms in total. The quantitative estimate of drug-likeness (QED) is 0.592. The Morgan fingerprint density at radius 2 is 1.60 bits per heavy atom. The van der Waals surface area contributed by atoms with E-state index >= 15 is 0 Å². The van der Waals surface area contributed by atoms with Crippen LogP contribution in [0, 0.1) is 19.7 Å². The van der Waals surface area contributed by atoms with Crippen LogP contribution in [0.15, 0.2) is 12.1 Å². The summed E-state index contributed by atoms with van der Waals surface area (Å²) in [6.07, 6.45) is 7.63. The van der Waals surface area contributed by atoms with E-state index in [-0.39, 0.29) is 5.82 Å². The van der Waals surface area contributed by atoms with Crippen LogP contribution in [0.3, 0.4) is 0 Å². The third-order valence-electron chi connectivity index (χ3n) is 3.91. The van der Waals surface area contributed by atoms with Crippen molar-refractivity contribution in [2.24, 2.45) is 0 Å². The first-order valence-electron chi connectivity index (χ1n) is 8.10. The summed E-state index contributed by atoms with van der Waals surface area (Å²) < 4.78 is 13.7. The monoisotopic (exact) mass is 279 g/mol. The summed E-state index contributed by atoms with van der Waals surface area (Å²) in [5, 5.41) is 3.54. The van der Waals surface area contributed by atoms with Crippen molar-refractivity contribution in [3.8, 4) is 0 Å². The molecular weight excluding hydrogens is 249 g/mol. The number of benzene rings is 1. The van der Waals surface area contributed by atoms with Gasteiger partial charge in [0.2, 0.25) is 0 Å². The van der Waals surface area contributed by atoms with Gasteiger partial charge in [-0.25, -0.2) is 4.39 Å². The van der Waals surface area contributed by atoms with Crippen molar-refractivity contribution in [1.82, 2.24) is 5.32 Å². The highest BCUT2D eigenvalue weighted by molar-refractivity contribution is 5.32. The van der Waals surface area contributed by atoms with E-state index < -0.39 is 0 Å². The van der Waals surface area contributed by atoms with E-state index in [4.69, 9.17) is 0 Å². The number of hydrogen-bond acceptors (Lipinski definition) is 1. The number of rotatable bonds is 9. The summed E-state index contributed by atoms with van der Waals surface area (Å²) in [6.45, 7) is 9.04. The Kier molecular flexibility index (Phi) is 7.83. The van der Waals surface area contributed by atoms with E-state index in [0.29, 0.717) is 6.04 Å². The van der Waals surface area contributed by atoms with Gasteiger partial charge in [-0.15, -0.1) is 0 Å². The van der Waals surface area contributed by atoms with Gasteiger partial charge in [0.25, 0.3) is 0 Å². The maximum absolute atomic E-state index is 13.7. The molecule has 0 heterocycles. The van der Waals surface area contributed by atoms with Crippen molar-refractivity contribution in [3.63, 3.8) is 0 Å². The zero-order valence-electron chi connectivity index (χ0n) is 13.6. The molecule has 0 radical (unpaired) electrons. The molecule has 0 aliphatic carbocycles. The zero-order valence-corrected chi connectivity index (χ0v) is 13.6. The summed E-state index contributed by atoms with van der Waals surface area (Å²) in [6, 6.07) is 4.36. The van der Waals surface area contributed by atoms with Crippen molar-refractivity contribution in [3.05, 3.63) is 34.6 Å². The SMILES string of the molecule is CCCCCCCC(NCC)c1cc(C)c(F)c(C)c1. The lowest BCUT2D eigenvalue weighted by Crippen LogP contribution is -2.21. The lowest BCUT2D eigenvalue weighted by atomic mass is 9.96. The minimum Gasteiger partial charge on any atom is -0.310 e. The molecule has 0 bridgehead atoms. The van der Waals surface area contributed by atoms with Gasteiger partial charge in [0, 0.05) is 6.04 Å². The summed E-state index contributed by atoms with van der Waals surface area (Å²) in [7, 11) is 0. The van der Waals surface area contributed by atoms with E-state index in [0.717, 1.165) is 24.1 Å². The van der Waals surface area contributed by atoms with Crippen LogP contribution < -0.4 is 5.32 Å². The average Bonchev–Trinajstić information content (AvgIpc) is 2.43. The predicted octanol–water partition coefficient (Wildman–Crippen LogP) is 5.45. The zero-order chi connectivity index (χ0) is 15.0. The molecule has 0 saturated carbocycles. The molecule has 114 valence electrons. The first-order valence-corrected chi connectivity index (χ1v) is 8.10. The van der Waals surface area contributed by atoms with Crippen LogP contribution in [0.2, 0.25) is 0 Å². The summed E-state index contributed by atoms with van der Waals surface area (Å²) in [4.78, 5) is 0. The van der Waals surface area contributed by atoms with Crippen LogP contribution in [0.5, 0.6) is 0 Å². The maximum atomic E-state index is 13.7. The van der Waals surface area contributed by atoms with E-state index in [1.807, 2.05) is 26.0 Å². The van der Waals surface area contributed by atoms with Crippen LogP contribution in [0.1, 0.15) is 75.1 Å². The Morgan fingerprint density at radius 3 is 2.15 bits per heavy atom.